The van der Waals surface area contributed by atoms with E-state index in [2.05, 4.69) is 13.8 Å². The topological polar surface area (TPSA) is 40.5 Å². The fourth-order valence-corrected chi connectivity index (χ4v) is 1.73. The summed E-state index contributed by atoms with van der Waals surface area (Å²) in [4.78, 5) is 0. The minimum atomic E-state index is 0.0808. The van der Waals surface area contributed by atoms with Crippen LogP contribution in [0.2, 0.25) is 0 Å². The summed E-state index contributed by atoms with van der Waals surface area (Å²) in [5.41, 5.74) is 0.0808. The fourth-order valence-electron chi connectivity index (χ4n) is 1.73. The van der Waals surface area contributed by atoms with E-state index in [0.29, 0.717) is 0 Å². The Morgan fingerprint density at radius 3 is 2.08 bits per heavy atom. The van der Waals surface area contributed by atoms with Crippen LogP contribution in [-0.4, -0.2) is 23.4 Å². The molecule has 0 fully saturated rings. The van der Waals surface area contributed by atoms with Gasteiger partial charge in [-0.05, 0) is 31.1 Å². The maximum Gasteiger partial charge on any atom is 0.0487 e. The minimum Gasteiger partial charge on any atom is -0.396 e. The standard InChI is InChI=1S/C10H22O2/c1-3-6-10(4-2,9-12)7-5-8-11/h11-12H,3-9H2,1-2H3. The van der Waals surface area contributed by atoms with Crippen molar-refractivity contribution in [1.82, 2.24) is 0 Å². The molecule has 74 valence electrons. The Balaban J connectivity index is 3.95. The maximum absolute atomic E-state index is 9.25. The summed E-state index contributed by atoms with van der Waals surface area (Å²) in [6.07, 6.45) is 4.95. The molecule has 12 heavy (non-hydrogen) atoms. The van der Waals surface area contributed by atoms with Gasteiger partial charge in [0.15, 0.2) is 0 Å². The number of hydrogen-bond donors (Lipinski definition) is 2. The summed E-state index contributed by atoms with van der Waals surface area (Å²) in [6, 6.07) is 0. The van der Waals surface area contributed by atoms with Gasteiger partial charge in [0.2, 0.25) is 0 Å². The lowest BCUT2D eigenvalue weighted by atomic mass is 9.78. The van der Waals surface area contributed by atoms with Gasteiger partial charge in [0, 0.05) is 13.2 Å². The molecule has 0 rings (SSSR count). The molecule has 0 amide bonds. The van der Waals surface area contributed by atoms with E-state index in [1.807, 2.05) is 0 Å². The third kappa shape index (κ3) is 3.55. The largest absolute Gasteiger partial charge is 0.396 e. The van der Waals surface area contributed by atoms with E-state index in [4.69, 9.17) is 5.11 Å². The Hall–Kier alpha value is -0.0800. The molecule has 0 saturated heterocycles. The van der Waals surface area contributed by atoms with Crippen LogP contribution in [-0.2, 0) is 0 Å². The SMILES string of the molecule is CCCC(CC)(CO)CCCO. The highest BCUT2D eigenvalue weighted by atomic mass is 16.3. The summed E-state index contributed by atoms with van der Waals surface area (Å²) in [6.45, 7) is 4.76. The molecule has 0 aliphatic rings. The molecule has 0 aromatic carbocycles. The van der Waals surface area contributed by atoms with E-state index >= 15 is 0 Å². The first-order valence-electron chi connectivity index (χ1n) is 4.96. The lowest BCUT2D eigenvalue weighted by Gasteiger charge is -2.30. The summed E-state index contributed by atoms with van der Waals surface area (Å²) in [5, 5.41) is 18.0. The van der Waals surface area contributed by atoms with Gasteiger partial charge in [0.1, 0.15) is 0 Å². The van der Waals surface area contributed by atoms with Crippen molar-refractivity contribution >= 4 is 0 Å². The van der Waals surface area contributed by atoms with Gasteiger partial charge in [-0.25, -0.2) is 0 Å². The highest BCUT2D eigenvalue weighted by Gasteiger charge is 2.25. The zero-order valence-electron chi connectivity index (χ0n) is 8.34. The zero-order valence-corrected chi connectivity index (χ0v) is 8.34. The van der Waals surface area contributed by atoms with Crippen molar-refractivity contribution in [1.29, 1.82) is 0 Å². The Labute approximate surface area is 75.6 Å². The Morgan fingerprint density at radius 1 is 1.08 bits per heavy atom. The smallest absolute Gasteiger partial charge is 0.0487 e. The van der Waals surface area contributed by atoms with E-state index < -0.39 is 0 Å². The first-order valence-corrected chi connectivity index (χ1v) is 4.96. The average Bonchev–Trinajstić information content (AvgIpc) is 2.13. The van der Waals surface area contributed by atoms with Crippen LogP contribution in [0, 0.1) is 5.41 Å². The van der Waals surface area contributed by atoms with Gasteiger partial charge in [-0.3, -0.25) is 0 Å². The zero-order chi connectivity index (χ0) is 9.45. The van der Waals surface area contributed by atoms with Gasteiger partial charge >= 0.3 is 0 Å². The van der Waals surface area contributed by atoms with Gasteiger partial charge in [-0.15, -0.1) is 0 Å². The second kappa shape index (κ2) is 6.44. The molecule has 1 unspecified atom stereocenters. The molecule has 0 radical (unpaired) electrons. The lowest BCUT2D eigenvalue weighted by Crippen LogP contribution is -2.24. The van der Waals surface area contributed by atoms with Gasteiger partial charge in [0.25, 0.3) is 0 Å². The molecule has 0 aliphatic carbocycles. The van der Waals surface area contributed by atoms with Gasteiger partial charge in [-0.1, -0.05) is 20.3 Å². The van der Waals surface area contributed by atoms with E-state index in [9.17, 15) is 5.11 Å². The van der Waals surface area contributed by atoms with Crippen LogP contribution in [0.15, 0.2) is 0 Å². The molecule has 2 heteroatoms. The minimum absolute atomic E-state index is 0.0808. The van der Waals surface area contributed by atoms with Crippen LogP contribution in [0.1, 0.15) is 46.0 Å². The molecule has 0 bridgehead atoms. The Morgan fingerprint density at radius 2 is 1.75 bits per heavy atom. The second-order valence-electron chi connectivity index (χ2n) is 3.59. The predicted molar refractivity (Wildman–Crippen MR) is 51.0 cm³/mol. The van der Waals surface area contributed by atoms with Gasteiger partial charge in [0.05, 0.1) is 0 Å². The van der Waals surface area contributed by atoms with E-state index in [1.54, 1.807) is 0 Å². The number of rotatable bonds is 7. The Kier molecular flexibility index (Phi) is 6.39. The van der Waals surface area contributed by atoms with Crippen LogP contribution in [0.4, 0.5) is 0 Å². The molecular formula is C10H22O2. The van der Waals surface area contributed by atoms with Crippen molar-refractivity contribution in [2.45, 2.75) is 46.0 Å². The molecular weight excluding hydrogens is 152 g/mol. The van der Waals surface area contributed by atoms with Crippen molar-refractivity contribution in [2.24, 2.45) is 5.41 Å². The molecule has 0 spiro atoms. The number of hydrogen-bond acceptors (Lipinski definition) is 2. The summed E-state index contributed by atoms with van der Waals surface area (Å²) in [5.74, 6) is 0. The Bertz CT molecular complexity index is 98.0. The maximum atomic E-state index is 9.25. The molecule has 2 N–H and O–H groups in total. The predicted octanol–water partition coefficient (Wildman–Crippen LogP) is 1.95. The van der Waals surface area contributed by atoms with Crippen LogP contribution in [0.25, 0.3) is 0 Å². The first kappa shape index (κ1) is 11.9. The highest BCUT2D eigenvalue weighted by molar-refractivity contribution is 4.76. The van der Waals surface area contributed by atoms with E-state index in [0.717, 1.165) is 32.1 Å². The van der Waals surface area contributed by atoms with E-state index in [1.165, 1.54) is 0 Å². The summed E-state index contributed by atoms with van der Waals surface area (Å²) in [7, 11) is 0. The molecule has 2 nitrogen and oxygen atoms in total. The van der Waals surface area contributed by atoms with E-state index in [-0.39, 0.29) is 18.6 Å². The average molecular weight is 174 g/mol. The third-order valence-corrected chi connectivity index (χ3v) is 2.73. The van der Waals surface area contributed by atoms with Crippen LogP contribution < -0.4 is 0 Å². The first-order chi connectivity index (χ1) is 5.74. The van der Waals surface area contributed by atoms with Crippen LogP contribution >= 0.6 is 0 Å². The molecule has 0 heterocycles. The number of aliphatic hydroxyl groups excluding tert-OH is 2. The normalized spacial score (nSPS) is 16.0. The number of aliphatic hydroxyl groups is 2. The highest BCUT2D eigenvalue weighted by Crippen LogP contribution is 2.32. The molecule has 0 aromatic heterocycles. The van der Waals surface area contributed by atoms with Gasteiger partial charge in [-0.2, -0.15) is 0 Å². The van der Waals surface area contributed by atoms with Gasteiger partial charge < -0.3 is 10.2 Å². The molecule has 0 aromatic rings. The van der Waals surface area contributed by atoms with Crippen molar-refractivity contribution < 1.29 is 10.2 Å². The fraction of sp³-hybridized carbons (Fsp3) is 1.00. The van der Waals surface area contributed by atoms with Crippen molar-refractivity contribution in [3.63, 3.8) is 0 Å². The monoisotopic (exact) mass is 174 g/mol. The summed E-state index contributed by atoms with van der Waals surface area (Å²) < 4.78 is 0. The van der Waals surface area contributed by atoms with Crippen molar-refractivity contribution in [2.75, 3.05) is 13.2 Å². The molecule has 0 saturated carbocycles. The van der Waals surface area contributed by atoms with Crippen LogP contribution in [0.3, 0.4) is 0 Å². The van der Waals surface area contributed by atoms with Crippen molar-refractivity contribution in [3.05, 3.63) is 0 Å². The second-order valence-corrected chi connectivity index (χ2v) is 3.59. The molecule has 0 aliphatic heterocycles. The van der Waals surface area contributed by atoms with Crippen molar-refractivity contribution in [3.8, 4) is 0 Å². The summed E-state index contributed by atoms with van der Waals surface area (Å²) >= 11 is 0. The lowest BCUT2D eigenvalue weighted by molar-refractivity contribution is 0.0901. The van der Waals surface area contributed by atoms with Crippen LogP contribution in [0.5, 0.6) is 0 Å². The molecule has 1 atom stereocenters. The third-order valence-electron chi connectivity index (χ3n) is 2.73. The quantitative estimate of drug-likeness (QED) is 0.619.